The molecule has 4 aromatic rings. The summed E-state index contributed by atoms with van der Waals surface area (Å²) in [4.78, 5) is 100. The summed E-state index contributed by atoms with van der Waals surface area (Å²) in [7, 11) is 0. The van der Waals surface area contributed by atoms with Crippen LogP contribution in [0.3, 0.4) is 0 Å². The van der Waals surface area contributed by atoms with E-state index in [9.17, 15) is 33.9 Å². The molecular weight excluding hydrogens is 1080 g/mol. The maximum Gasteiger partial charge on any atom is 1.00 e. The number of carbonyl (C=O) groups is 4. The number of para-hydroxylation sites is 4. The number of carboxylic acids is 1. The number of oxime groups is 2. The fourth-order valence-corrected chi connectivity index (χ4v) is 16.8. The number of benzene rings is 2. The zero-order valence-corrected chi connectivity index (χ0v) is 50.9. The molecule has 21 nitrogen and oxygen atoms in total. The number of piperidine rings is 4. The molecule has 0 radical (unpaired) electrons. The number of esters is 1. The number of primary amides is 2. The SMILES string of the molecule is CCOC(=O)/C(=N\OCC(N)=O)c1nc2ccccc2n(C2C[C@H]3CCC[C@@H](C2)N3C2CC3CCCCC(C3)C2)c1=O.NC(=O)CO/N=C(\C(=O)O)c1nc2ccccc2n(C2C[C@H]3CCC[C@@H](C2)N3C2CC3CCCCC(C3)C2)c1=O.[Na+].[OH-]. The zero-order chi connectivity index (χ0) is 57.0. The summed E-state index contributed by atoms with van der Waals surface area (Å²) in [6.45, 7) is 0.623. The van der Waals surface area contributed by atoms with Gasteiger partial charge < -0.3 is 45.6 Å². The van der Waals surface area contributed by atoms with Crippen LogP contribution in [0.1, 0.15) is 184 Å². The Labute approximate surface area is 512 Å². The standard InChI is InChI=1S/C32H43N5O5.C30H39N5O5.Na.H2O/c1-2-41-32(40)30(35-42-19-28(33)38)29-31(39)37(27-13-6-5-12-26(27)34-29)25-17-22-10-7-11-23(18-25)36(22)24-15-20-8-3-4-9-21(14-20)16-24;31-26(36)17-40-33-28(30(38)39)27-29(37)35(25-11-4-3-10-24(25)32-27)23-15-20-8-5-9-21(16-23)34(20)22-13-18-6-1-2-7-19(12-18)14-22;;/h5-6,12-13,20-25H,2-4,7-11,14-19H2,1H3,(H2,33,38);3-4,10-11,18-23H,1-2,5-9,12-17H2,(H2,31,36)(H,38,39);;1H2/q;;+1;/p-1/b35-30-;33-28-;;/t20?,21?,22-,23+,24?,25?;18?,19?,20-,21+,22?,23?;;. The smallest absolute Gasteiger partial charge is 0.870 e. The molecule has 2 amide bonds. The van der Waals surface area contributed by atoms with Crippen molar-refractivity contribution in [3.05, 3.63) is 80.6 Å². The topological polar surface area (TPSA) is 299 Å². The van der Waals surface area contributed by atoms with E-state index in [4.69, 9.17) is 25.9 Å². The van der Waals surface area contributed by atoms with Crippen LogP contribution in [0.15, 0.2) is 68.4 Å². The minimum Gasteiger partial charge on any atom is -0.870 e. The van der Waals surface area contributed by atoms with E-state index in [2.05, 4.69) is 30.1 Å². The Morgan fingerprint density at radius 2 is 0.893 bits per heavy atom. The van der Waals surface area contributed by atoms with Crippen molar-refractivity contribution in [2.45, 2.75) is 209 Å². The summed E-state index contributed by atoms with van der Waals surface area (Å²) in [5, 5.41) is 17.3. The summed E-state index contributed by atoms with van der Waals surface area (Å²) in [5.41, 5.74) is 10.5. The van der Waals surface area contributed by atoms with Crippen molar-refractivity contribution in [2.24, 2.45) is 45.5 Å². The molecule has 22 heteroatoms. The average molecular weight is 1170 g/mol. The number of ether oxygens (including phenoxy) is 1. The van der Waals surface area contributed by atoms with Crippen molar-refractivity contribution in [3.8, 4) is 0 Å². The maximum atomic E-state index is 14.3. The Kier molecular flexibility index (Phi) is 21.2. The largest absolute Gasteiger partial charge is 1.00 e. The molecule has 2 aromatic carbocycles. The Hall–Kier alpha value is -5.58. The number of carboxylic acid groups (broad SMARTS) is 1. The van der Waals surface area contributed by atoms with Gasteiger partial charge in [-0.25, -0.2) is 19.6 Å². The fraction of sp³-hybridized carbons (Fsp3) is 0.645. The van der Waals surface area contributed by atoms with E-state index >= 15 is 0 Å². The molecule has 448 valence electrons. The fourth-order valence-electron chi connectivity index (χ4n) is 16.8. The Morgan fingerprint density at radius 3 is 1.26 bits per heavy atom. The molecule has 4 saturated heterocycles. The van der Waals surface area contributed by atoms with Crippen LogP contribution in [0, 0.1) is 23.7 Å². The molecule has 10 atom stereocenters. The van der Waals surface area contributed by atoms with Gasteiger partial charge in [0, 0.05) is 48.3 Å². The van der Waals surface area contributed by atoms with E-state index < -0.39 is 53.8 Å². The molecule has 8 fully saturated rings. The molecule has 6 heterocycles. The first-order valence-corrected chi connectivity index (χ1v) is 30.8. The maximum absolute atomic E-state index is 14.3. The van der Waals surface area contributed by atoms with Gasteiger partial charge in [0.15, 0.2) is 24.6 Å². The normalized spacial score (nSPS) is 29.7. The summed E-state index contributed by atoms with van der Waals surface area (Å²) in [6, 6.07) is 17.8. The molecule has 4 aliphatic heterocycles. The van der Waals surface area contributed by atoms with Crippen LogP contribution in [0.4, 0.5) is 0 Å². The molecule has 4 saturated carbocycles. The summed E-state index contributed by atoms with van der Waals surface area (Å²) in [6.07, 6.45) is 29.6. The predicted octanol–water partition coefficient (Wildman–Crippen LogP) is 4.51. The van der Waals surface area contributed by atoms with Crippen LogP contribution in [-0.4, -0.2) is 131 Å². The Morgan fingerprint density at radius 1 is 0.524 bits per heavy atom. The van der Waals surface area contributed by atoms with Gasteiger partial charge in [0.05, 0.1) is 28.7 Å². The van der Waals surface area contributed by atoms with E-state index in [1.165, 1.54) is 103 Å². The summed E-state index contributed by atoms with van der Waals surface area (Å²) in [5.74, 6) is -0.411. The van der Waals surface area contributed by atoms with Crippen molar-refractivity contribution in [3.63, 3.8) is 0 Å². The van der Waals surface area contributed by atoms with Crippen molar-refractivity contribution in [1.29, 1.82) is 0 Å². The van der Waals surface area contributed by atoms with Crippen molar-refractivity contribution in [2.75, 3.05) is 19.8 Å². The van der Waals surface area contributed by atoms with E-state index in [1.807, 2.05) is 47.0 Å². The van der Waals surface area contributed by atoms with Gasteiger partial charge >= 0.3 is 41.5 Å². The number of carbonyl (C=O) groups excluding carboxylic acids is 3. The quantitative estimate of drug-likeness (QED) is 0.0638. The van der Waals surface area contributed by atoms with Crippen LogP contribution in [0.2, 0.25) is 0 Å². The second-order valence-electron chi connectivity index (χ2n) is 25.0. The molecule has 84 heavy (non-hydrogen) atoms. The molecule has 4 aliphatic carbocycles. The van der Waals surface area contributed by atoms with Gasteiger partial charge in [-0.1, -0.05) is 98.8 Å². The number of rotatable bonds is 15. The van der Waals surface area contributed by atoms with Gasteiger partial charge in [-0.3, -0.25) is 29.0 Å². The second kappa shape index (κ2) is 28.3. The first kappa shape index (κ1) is 62.9. The van der Waals surface area contributed by atoms with Crippen LogP contribution < -0.4 is 52.1 Å². The van der Waals surface area contributed by atoms with E-state index in [1.54, 1.807) is 17.6 Å². The van der Waals surface area contributed by atoms with E-state index in [-0.39, 0.29) is 70.8 Å². The number of nitrogens with zero attached hydrogens (tertiary/aromatic N) is 8. The zero-order valence-electron chi connectivity index (χ0n) is 48.9. The van der Waals surface area contributed by atoms with E-state index in [0.29, 0.717) is 52.8 Å². The van der Waals surface area contributed by atoms with Crippen LogP contribution >= 0.6 is 0 Å². The van der Waals surface area contributed by atoms with Crippen molar-refractivity contribution in [1.82, 2.24) is 28.9 Å². The van der Waals surface area contributed by atoms with Crippen LogP contribution in [0.25, 0.3) is 22.1 Å². The summed E-state index contributed by atoms with van der Waals surface area (Å²) < 4.78 is 8.78. The van der Waals surface area contributed by atoms with Crippen LogP contribution in [0.5, 0.6) is 0 Å². The van der Waals surface area contributed by atoms with Gasteiger partial charge in [-0.15, -0.1) is 0 Å². The molecular formula is C62H83N10NaO11. The first-order valence-electron chi connectivity index (χ1n) is 30.8. The van der Waals surface area contributed by atoms with Gasteiger partial charge in [-0.2, -0.15) is 0 Å². The van der Waals surface area contributed by atoms with Gasteiger partial charge in [0.25, 0.3) is 22.9 Å². The number of fused-ring (bicyclic) bond motifs is 10. The number of aromatic nitrogens is 4. The minimum absolute atomic E-state index is 0. The average Bonchev–Trinajstić information content (AvgIpc) is 1.09. The molecule has 12 rings (SSSR count). The molecule has 6 N–H and O–H groups in total. The number of nitrogens with two attached hydrogens (primary N) is 2. The summed E-state index contributed by atoms with van der Waals surface area (Å²) >= 11 is 0. The number of hydrogen-bond donors (Lipinski definition) is 3. The molecule has 8 bridgehead atoms. The van der Waals surface area contributed by atoms with Crippen molar-refractivity contribution >= 4 is 57.2 Å². The Balaban J connectivity index is 0.000000197. The van der Waals surface area contributed by atoms with Crippen LogP contribution in [-0.2, 0) is 33.6 Å². The van der Waals surface area contributed by atoms with E-state index in [0.717, 1.165) is 80.6 Å². The molecule has 6 unspecified atom stereocenters. The van der Waals surface area contributed by atoms with Gasteiger partial charge in [0.2, 0.25) is 11.4 Å². The first-order chi connectivity index (χ1) is 39.8. The second-order valence-corrected chi connectivity index (χ2v) is 25.0. The minimum atomic E-state index is -1.46. The Bertz CT molecular complexity index is 3150. The van der Waals surface area contributed by atoms with Gasteiger partial charge in [0.1, 0.15) is 0 Å². The third-order valence-corrected chi connectivity index (χ3v) is 19.7. The number of aliphatic carboxylic acids is 1. The predicted molar refractivity (Wildman–Crippen MR) is 311 cm³/mol. The monoisotopic (exact) mass is 1170 g/mol. The number of amides is 2. The third-order valence-electron chi connectivity index (χ3n) is 19.7. The van der Waals surface area contributed by atoms with Crippen molar-refractivity contribution < 1.29 is 73.7 Å². The molecule has 2 aromatic heterocycles. The third kappa shape index (κ3) is 13.8. The molecule has 8 aliphatic rings. The molecule has 0 spiro atoms. The number of hydrogen-bond acceptors (Lipinski definition) is 16. The van der Waals surface area contributed by atoms with Gasteiger partial charge in [-0.05, 0) is 145 Å².